The lowest BCUT2D eigenvalue weighted by Gasteiger charge is -2.34. The molecule has 36 heavy (non-hydrogen) atoms. The van der Waals surface area contributed by atoms with Crippen LogP contribution < -0.4 is 4.74 Å². The number of benzene rings is 3. The van der Waals surface area contributed by atoms with Crippen LogP contribution in [0, 0.1) is 5.82 Å². The lowest BCUT2D eigenvalue weighted by molar-refractivity contribution is -0.135. The second kappa shape index (κ2) is 10.9. The first-order chi connectivity index (χ1) is 17.5. The molecule has 4 aromatic rings. The van der Waals surface area contributed by atoms with E-state index in [1.807, 2.05) is 24.3 Å². The molecule has 1 saturated heterocycles. The Bertz CT molecular complexity index is 1340. The molecule has 5 rings (SSSR count). The second-order valence-electron chi connectivity index (χ2n) is 8.53. The quantitative estimate of drug-likeness (QED) is 0.354. The number of aromatic nitrogens is 2. The van der Waals surface area contributed by atoms with E-state index in [0.717, 1.165) is 36.3 Å². The van der Waals surface area contributed by atoms with Gasteiger partial charge in [0.05, 0.1) is 0 Å². The number of ether oxygens (including phenoxy) is 1. The van der Waals surface area contributed by atoms with Crippen LogP contribution in [0.1, 0.15) is 5.56 Å². The average Bonchev–Trinajstić information content (AvgIpc) is 3.40. The summed E-state index contributed by atoms with van der Waals surface area (Å²) in [5, 5.41) is 4.74. The molecule has 0 aliphatic carbocycles. The average molecular weight is 507 g/mol. The molecule has 1 fully saturated rings. The molecule has 0 spiro atoms. The third-order valence-electron chi connectivity index (χ3n) is 5.99. The van der Waals surface area contributed by atoms with Gasteiger partial charge in [-0.2, -0.15) is 4.98 Å². The van der Waals surface area contributed by atoms with E-state index in [2.05, 4.69) is 27.2 Å². The van der Waals surface area contributed by atoms with Crippen LogP contribution >= 0.6 is 11.6 Å². The SMILES string of the molecule is O=C(COc1ccc(F)cc1)N1CCN(Cc2cccc(-c3noc(-c4cccc(Cl)c4)n3)c2)CC1. The second-order valence-corrected chi connectivity index (χ2v) is 8.97. The maximum atomic E-state index is 13.0. The molecule has 0 N–H and O–H groups in total. The normalized spacial score (nSPS) is 14.1. The molecule has 9 heteroatoms. The summed E-state index contributed by atoms with van der Waals surface area (Å²) in [4.78, 5) is 21.1. The van der Waals surface area contributed by atoms with Gasteiger partial charge in [-0.05, 0) is 54.1 Å². The molecule has 1 aromatic heterocycles. The van der Waals surface area contributed by atoms with Crippen LogP contribution in [0.25, 0.3) is 22.8 Å². The molecule has 0 atom stereocenters. The van der Waals surface area contributed by atoms with E-state index >= 15 is 0 Å². The number of nitrogens with zero attached hydrogens (tertiary/aromatic N) is 4. The first kappa shape index (κ1) is 24.0. The molecule has 0 radical (unpaired) electrons. The standard InChI is InChI=1S/C27H24ClFN4O3/c28-22-6-2-5-21(16-22)27-30-26(31-36-27)20-4-1-3-19(15-20)17-32-11-13-33(14-12-32)25(34)18-35-24-9-7-23(29)8-10-24/h1-10,15-16H,11-14,17-18H2. The Labute approximate surface area is 213 Å². The van der Waals surface area contributed by atoms with Gasteiger partial charge in [-0.3, -0.25) is 9.69 Å². The molecule has 1 aliphatic rings. The number of amides is 1. The van der Waals surface area contributed by atoms with Crippen molar-refractivity contribution >= 4 is 17.5 Å². The summed E-state index contributed by atoms with van der Waals surface area (Å²) >= 11 is 6.07. The highest BCUT2D eigenvalue weighted by molar-refractivity contribution is 6.30. The zero-order chi connectivity index (χ0) is 24.9. The van der Waals surface area contributed by atoms with E-state index < -0.39 is 0 Å². The van der Waals surface area contributed by atoms with E-state index in [1.165, 1.54) is 24.3 Å². The molecule has 0 unspecified atom stereocenters. The van der Waals surface area contributed by atoms with Gasteiger partial charge < -0.3 is 14.2 Å². The summed E-state index contributed by atoms with van der Waals surface area (Å²) in [5.74, 6) is 0.999. The monoisotopic (exact) mass is 506 g/mol. The fraction of sp³-hybridized carbons (Fsp3) is 0.222. The van der Waals surface area contributed by atoms with Crippen molar-refractivity contribution in [2.75, 3.05) is 32.8 Å². The van der Waals surface area contributed by atoms with Crippen LogP contribution in [-0.2, 0) is 11.3 Å². The van der Waals surface area contributed by atoms with Crippen LogP contribution in [0.15, 0.2) is 77.3 Å². The van der Waals surface area contributed by atoms with Crippen LogP contribution in [0.2, 0.25) is 5.02 Å². The molecular formula is C27H24ClFN4O3. The highest BCUT2D eigenvalue weighted by atomic mass is 35.5. The Morgan fingerprint density at radius 2 is 1.72 bits per heavy atom. The van der Waals surface area contributed by atoms with Crippen LogP contribution in [-0.4, -0.2) is 58.6 Å². The number of rotatable bonds is 7. The fourth-order valence-corrected chi connectivity index (χ4v) is 4.26. The predicted molar refractivity (Wildman–Crippen MR) is 134 cm³/mol. The molecule has 3 aromatic carbocycles. The Morgan fingerprint density at radius 1 is 0.972 bits per heavy atom. The van der Waals surface area contributed by atoms with Crippen molar-refractivity contribution in [2.24, 2.45) is 0 Å². The smallest absolute Gasteiger partial charge is 0.260 e. The third-order valence-corrected chi connectivity index (χ3v) is 6.22. The van der Waals surface area contributed by atoms with E-state index in [-0.39, 0.29) is 18.3 Å². The van der Waals surface area contributed by atoms with Crippen molar-refractivity contribution in [3.05, 3.63) is 89.2 Å². The lowest BCUT2D eigenvalue weighted by atomic mass is 10.1. The number of piperazine rings is 1. The molecule has 0 bridgehead atoms. The van der Waals surface area contributed by atoms with Gasteiger partial charge in [-0.1, -0.05) is 41.0 Å². The number of carbonyl (C=O) groups is 1. The fourth-order valence-electron chi connectivity index (χ4n) is 4.07. The largest absolute Gasteiger partial charge is 0.484 e. The van der Waals surface area contributed by atoms with Gasteiger partial charge in [0.25, 0.3) is 11.8 Å². The first-order valence-corrected chi connectivity index (χ1v) is 12.0. The maximum Gasteiger partial charge on any atom is 0.260 e. The summed E-state index contributed by atoms with van der Waals surface area (Å²) in [5.41, 5.74) is 2.77. The van der Waals surface area contributed by atoms with Crippen molar-refractivity contribution in [1.29, 1.82) is 0 Å². The van der Waals surface area contributed by atoms with Crippen LogP contribution in [0.5, 0.6) is 5.75 Å². The van der Waals surface area contributed by atoms with Crippen molar-refractivity contribution in [3.63, 3.8) is 0 Å². The van der Waals surface area contributed by atoms with Crippen LogP contribution in [0.3, 0.4) is 0 Å². The summed E-state index contributed by atoms with van der Waals surface area (Å²) in [6.45, 7) is 3.45. The predicted octanol–water partition coefficient (Wildman–Crippen LogP) is 4.92. The van der Waals surface area contributed by atoms with Gasteiger partial charge in [0.1, 0.15) is 11.6 Å². The Hall–Kier alpha value is -3.75. The topological polar surface area (TPSA) is 71.7 Å². The number of halogens is 2. The number of hydrogen-bond acceptors (Lipinski definition) is 6. The molecule has 0 saturated carbocycles. The zero-order valence-electron chi connectivity index (χ0n) is 19.4. The molecule has 1 aliphatic heterocycles. The minimum atomic E-state index is -0.338. The van der Waals surface area contributed by atoms with Crippen molar-refractivity contribution < 1.29 is 18.4 Å². The van der Waals surface area contributed by atoms with Crippen molar-refractivity contribution in [3.8, 4) is 28.6 Å². The minimum Gasteiger partial charge on any atom is -0.484 e. The number of hydrogen-bond donors (Lipinski definition) is 0. The van der Waals surface area contributed by atoms with E-state index in [0.29, 0.717) is 35.6 Å². The highest BCUT2D eigenvalue weighted by Crippen LogP contribution is 2.25. The van der Waals surface area contributed by atoms with E-state index in [9.17, 15) is 9.18 Å². The Kier molecular flexibility index (Phi) is 7.25. The number of carbonyl (C=O) groups excluding carboxylic acids is 1. The van der Waals surface area contributed by atoms with Crippen molar-refractivity contribution in [1.82, 2.24) is 19.9 Å². The van der Waals surface area contributed by atoms with Crippen LogP contribution in [0.4, 0.5) is 4.39 Å². The highest BCUT2D eigenvalue weighted by Gasteiger charge is 2.22. The van der Waals surface area contributed by atoms with Gasteiger partial charge in [0.2, 0.25) is 5.82 Å². The van der Waals surface area contributed by atoms with E-state index in [4.69, 9.17) is 20.9 Å². The maximum absolute atomic E-state index is 13.0. The molecule has 2 heterocycles. The molecule has 184 valence electrons. The minimum absolute atomic E-state index is 0.0600. The lowest BCUT2D eigenvalue weighted by Crippen LogP contribution is -2.49. The zero-order valence-corrected chi connectivity index (χ0v) is 20.2. The Morgan fingerprint density at radius 3 is 2.50 bits per heavy atom. The summed E-state index contributed by atoms with van der Waals surface area (Å²) in [6.07, 6.45) is 0. The Balaban J connectivity index is 1.14. The summed E-state index contributed by atoms with van der Waals surface area (Å²) in [6, 6.07) is 21.0. The van der Waals surface area contributed by atoms with Gasteiger partial charge >= 0.3 is 0 Å². The van der Waals surface area contributed by atoms with Gasteiger partial charge in [-0.25, -0.2) is 4.39 Å². The van der Waals surface area contributed by atoms with Crippen molar-refractivity contribution in [2.45, 2.75) is 6.54 Å². The van der Waals surface area contributed by atoms with Gasteiger partial charge in [0, 0.05) is 48.9 Å². The van der Waals surface area contributed by atoms with E-state index in [1.54, 1.807) is 17.0 Å². The summed E-state index contributed by atoms with van der Waals surface area (Å²) in [7, 11) is 0. The molecule has 1 amide bonds. The molecular weight excluding hydrogens is 483 g/mol. The van der Waals surface area contributed by atoms with Gasteiger partial charge in [-0.15, -0.1) is 0 Å². The third kappa shape index (κ3) is 5.90. The van der Waals surface area contributed by atoms with Gasteiger partial charge in [0.15, 0.2) is 6.61 Å². The first-order valence-electron chi connectivity index (χ1n) is 11.6. The molecule has 7 nitrogen and oxygen atoms in total. The summed E-state index contributed by atoms with van der Waals surface area (Å²) < 4.78 is 23.9.